The normalized spacial score (nSPS) is 21.3. The highest BCUT2D eigenvalue weighted by Gasteiger charge is 2.39. The first-order chi connectivity index (χ1) is 10.2. The van der Waals surface area contributed by atoms with E-state index in [0.717, 1.165) is 19.6 Å². The van der Waals surface area contributed by atoms with Gasteiger partial charge in [-0.3, -0.25) is 0 Å². The van der Waals surface area contributed by atoms with E-state index in [9.17, 15) is 9.18 Å². The first-order valence-electron chi connectivity index (χ1n) is 7.26. The molecule has 2 saturated heterocycles. The number of amides is 2. The van der Waals surface area contributed by atoms with Crippen LogP contribution in [0.1, 0.15) is 19.3 Å². The highest BCUT2D eigenvalue weighted by molar-refractivity contribution is 5.89. The van der Waals surface area contributed by atoms with Gasteiger partial charge in [0, 0.05) is 31.6 Å². The smallest absolute Gasteiger partial charge is 0.321 e. The van der Waals surface area contributed by atoms with Crippen LogP contribution < -0.4 is 5.32 Å². The van der Waals surface area contributed by atoms with E-state index in [1.54, 1.807) is 17.0 Å². The lowest BCUT2D eigenvalue weighted by atomic mass is 10.0. The molecular formula is C15H19FN2O3. The van der Waals surface area contributed by atoms with Crippen LogP contribution >= 0.6 is 0 Å². The van der Waals surface area contributed by atoms with Gasteiger partial charge in [0.1, 0.15) is 5.82 Å². The average molecular weight is 294 g/mol. The summed E-state index contributed by atoms with van der Waals surface area (Å²) < 4.78 is 24.3. The van der Waals surface area contributed by atoms with E-state index in [4.69, 9.17) is 9.47 Å². The second kappa shape index (κ2) is 5.99. The molecule has 114 valence electrons. The molecule has 0 saturated carbocycles. The molecule has 1 N–H and O–H groups in total. The molecule has 6 heteroatoms. The molecular weight excluding hydrogens is 275 g/mol. The van der Waals surface area contributed by atoms with Gasteiger partial charge in [-0.05, 0) is 30.7 Å². The zero-order valence-corrected chi connectivity index (χ0v) is 11.8. The van der Waals surface area contributed by atoms with E-state index in [0.29, 0.717) is 31.6 Å². The van der Waals surface area contributed by atoms with Crippen molar-refractivity contribution in [2.45, 2.75) is 25.0 Å². The van der Waals surface area contributed by atoms with Gasteiger partial charge in [0.2, 0.25) is 0 Å². The Morgan fingerprint density at radius 2 is 1.76 bits per heavy atom. The fourth-order valence-corrected chi connectivity index (χ4v) is 2.69. The molecule has 2 aliphatic rings. The van der Waals surface area contributed by atoms with E-state index in [1.807, 2.05) is 0 Å². The molecule has 1 aromatic carbocycles. The summed E-state index contributed by atoms with van der Waals surface area (Å²) in [6, 6.07) is 5.57. The van der Waals surface area contributed by atoms with Crippen molar-refractivity contribution in [2.24, 2.45) is 0 Å². The van der Waals surface area contributed by atoms with Crippen LogP contribution in [0.4, 0.5) is 14.9 Å². The minimum atomic E-state index is -0.495. The zero-order valence-electron chi connectivity index (χ0n) is 11.8. The lowest BCUT2D eigenvalue weighted by Crippen LogP contribution is -2.52. The van der Waals surface area contributed by atoms with Gasteiger partial charge in [0.05, 0.1) is 13.2 Å². The maximum Gasteiger partial charge on any atom is 0.321 e. The van der Waals surface area contributed by atoms with Crippen LogP contribution in [0.25, 0.3) is 0 Å². The van der Waals surface area contributed by atoms with Crippen molar-refractivity contribution >= 4 is 11.7 Å². The molecule has 2 heterocycles. The predicted molar refractivity (Wildman–Crippen MR) is 75.5 cm³/mol. The minimum absolute atomic E-state index is 0.174. The molecule has 0 radical (unpaired) electrons. The number of urea groups is 1. The lowest BCUT2D eigenvalue weighted by molar-refractivity contribution is -0.281. The van der Waals surface area contributed by atoms with Crippen LogP contribution in [0.3, 0.4) is 0 Å². The number of halogens is 1. The molecule has 2 amide bonds. The standard InChI is InChI=1S/C15H19FN2O3/c16-12-2-4-13(5-3-12)17-14(19)18-8-6-15(7-9-18)20-10-1-11-21-15/h2-5H,1,6-11H2,(H,17,19). The molecule has 2 aliphatic heterocycles. The third-order valence-electron chi connectivity index (χ3n) is 3.93. The maximum absolute atomic E-state index is 12.8. The monoisotopic (exact) mass is 294 g/mol. The highest BCUT2D eigenvalue weighted by Crippen LogP contribution is 2.30. The van der Waals surface area contributed by atoms with Crippen molar-refractivity contribution in [3.8, 4) is 0 Å². The molecule has 3 rings (SSSR count). The molecule has 1 aromatic rings. The lowest BCUT2D eigenvalue weighted by Gasteiger charge is -2.43. The number of piperidine rings is 1. The van der Waals surface area contributed by atoms with Crippen LogP contribution in [0.2, 0.25) is 0 Å². The first-order valence-corrected chi connectivity index (χ1v) is 7.26. The summed E-state index contributed by atoms with van der Waals surface area (Å²) in [5.41, 5.74) is 0.590. The van der Waals surface area contributed by atoms with Gasteiger partial charge in [-0.25, -0.2) is 9.18 Å². The fourth-order valence-electron chi connectivity index (χ4n) is 2.69. The number of hydrogen-bond acceptors (Lipinski definition) is 3. The Morgan fingerprint density at radius 1 is 1.14 bits per heavy atom. The van der Waals surface area contributed by atoms with Crippen molar-refractivity contribution in [1.29, 1.82) is 0 Å². The predicted octanol–water partition coefficient (Wildman–Crippen LogP) is 2.59. The van der Waals surface area contributed by atoms with Gasteiger partial charge in [0.25, 0.3) is 0 Å². The Morgan fingerprint density at radius 3 is 2.38 bits per heavy atom. The third-order valence-corrected chi connectivity index (χ3v) is 3.93. The van der Waals surface area contributed by atoms with Gasteiger partial charge in [-0.1, -0.05) is 0 Å². The SMILES string of the molecule is O=C(Nc1ccc(F)cc1)N1CCC2(CC1)OCCCO2. The van der Waals surface area contributed by atoms with Crippen LogP contribution in [-0.2, 0) is 9.47 Å². The summed E-state index contributed by atoms with van der Waals surface area (Å²) in [6.07, 6.45) is 2.30. The molecule has 0 aromatic heterocycles. The van der Waals surface area contributed by atoms with Crippen molar-refractivity contribution in [3.05, 3.63) is 30.1 Å². The summed E-state index contributed by atoms with van der Waals surface area (Å²) >= 11 is 0. The summed E-state index contributed by atoms with van der Waals surface area (Å²) in [6.45, 7) is 2.63. The molecule has 0 aliphatic carbocycles. The van der Waals surface area contributed by atoms with E-state index >= 15 is 0 Å². The number of rotatable bonds is 1. The Kier molecular flexibility index (Phi) is 4.07. The molecule has 0 bridgehead atoms. The molecule has 5 nitrogen and oxygen atoms in total. The van der Waals surface area contributed by atoms with Gasteiger partial charge in [-0.2, -0.15) is 0 Å². The van der Waals surface area contributed by atoms with Crippen molar-refractivity contribution in [2.75, 3.05) is 31.6 Å². The second-order valence-corrected chi connectivity index (χ2v) is 5.39. The van der Waals surface area contributed by atoms with Crippen LogP contribution in [0.5, 0.6) is 0 Å². The van der Waals surface area contributed by atoms with E-state index in [2.05, 4.69) is 5.32 Å². The van der Waals surface area contributed by atoms with Crippen LogP contribution in [0.15, 0.2) is 24.3 Å². The number of ether oxygens (including phenoxy) is 2. The Labute approximate surface area is 123 Å². The second-order valence-electron chi connectivity index (χ2n) is 5.39. The number of carbonyl (C=O) groups is 1. The molecule has 1 spiro atoms. The highest BCUT2D eigenvalue weighted by atomic mass is 19.1. The minimum Gasteiger partial charge on any atom is -0.350 e. The Bertz CT molecular complexity index is 490. The van der Waals surface area contributed by atoms with Crippen molar-refractivity contribution in [1.82, 2.24) is 4.90 Å². The first kappa shape index (κ1) is 14.3. The van der Waals surface area contributed by atoms with Gasteiger partial charge in [0.15, 0.2) is 5.79 Å². The van der Waals surface area contributed by atoms with Gasteiger partial charge in [-0.15, -0.1) is 0 Å². The Balaban J connectivity index is 1.54. The number of nitrogens with zero attached hydrogens (tertiary/aromatic N) is 1. The Hall–Kier alpha value is -1.66. The topological polar surface area (TPSA) is 50.8 Å². The van der Waals surface area contributed by atoms with Crippen molar-refractivity contribution in [3.63, 3.8) is 0 Å². The largest absolute Gasteiger partial charge is 0.350 e. The third kappa shape index (κ3) is 3.33. The number of hydrogen-bond donors (Lipinski definition) is 1. The molecule has 0 atom stereocenters. The van der Waals surface area contributed by atoms with Crippen LogP contribution in [-0.4, -0.2) is 43.0 Å². The quantitative estimate of drug-likeness (QED) is 0.866. The summed E-state index contributed by atoms with van der Waals surface area (Å²) in [7, 11) is 0. The molecule has 0 unspecified atom stereocenters. The van der Waals surface area contributed by atoms with Gasteiger partial charge < -0.3 is 19.7 Å². The van der Waals surface area contributed by atoms with E-state index in [1.165, 1.54) is 12.1 Å². The van der Waals surface area contributed by atoms with Crippen LogP contribution in [0, 0.1) is 5.82 Å². The van der Waals surface area contributed by atoms with E-state index in [-0.39, 0.29) is 11.8 Å². The zero-order chi connectivity index (χ0) is 14.7. The summed E-state index contributed by atoms with van der Waals surface area (Å²) in [4.78, 5) is 13.9. The molecule has 21 heavy (non-hydrogen) atoms. The number of nitrogens with one attached hydrogen (secondary N) is 1. The average Bonchev–Trinajstić information content (AvgIpc) is 2.51. The molecule has 2 fully saturated rings. The number of benzene rings is 1. The fraction of sp³-hybridized carbons (Fsp3) is 0.533. The number of likely N-dealkylation sites (tertiary alicyclic amines) is 1. The van der Waals surface area contributed by atoms with Crippen molar-refractivity contribution < 1.29 is 18.7 Å². The van der Waals surface area contributed by atoms with Gasteiger partial charge >= 0.3 is 6.03 Å². The maximum atomic E-state index is 12.8. The number of anilines is 1. The van der Waals surface area contributed by atoms with E-state index < -0.39 is 5.79 Å². The summed E-state index contributed by atoms with van der Waals surface area (Å²) in [5, 5.41) is 2.77. The number of carbonyl (C=O) groups excluding carboxylic acids is 1. The summed E-state index contributed by atoms with van der Waals surface area (Å²) in [5.74, 6) is -0.815.